The largest absolute Gasteiger partial charge is 0.350 e. The summed E-state index contributed by atoms with van der Waals surface area (Å²) in [5.74, 6) is 2.38. The van der Waals surface area contributed by atoms with Crippen LogP contribution < -0.4 is 5.32 Å². The van der Waals surface area contributed by atoms with Crippen molar-refractivity contribution in [2.45, 2.75) is 51.5 Å². The highest BCUT2D eigenvalue weighted by atomic mass is 79.9. The summed E-state index contributed by atoms with van der Waals surface area (Å²) < 4.78 is 0. The Bertz CT molecular complexity index is 257. The highest BCUT2D eigenvalue weighted by molar-refractivity contribution is 9.09. The maximum Gasteiger partial charge on any atom is 0.223 e. The topological polar surface area (TPSA) is 29.1 Å². The van der Waals surface area contributed by atoms with Crippen LogP contribution in [0.3, 0.4) is 0 Å². The number of carbonyl (C=O) groups is 1. The van der Waals surface area contributed by atoms with Crippen LogP contribution in [-0.2, 0) is 4.79 Å². The molecule has 1 N–H and O–H groups in total. The number of hydrogen-bond acceptors (Lipinski definition) is 1. The van der Waals surface area contributed by atoms with Crippen LogP contribution in [0.5, 0.6) is 0 Å². The number of alkyl halides is 1. The van der Waals surface area contributed by atoms with Crippen molar-refractivity contribution in [3.63, 3.8) is 0 Å². The van der Waals surface area contributed by atoms with Gasteiger partial charge < -0.3 is 5.32 Å². The van der Waals surface area contributed by atoms with Crippen molar-refractivity contribution in [2.75, 3.05) is 5.33 Å². The zero-order valence-electron chi connectivity index (χ0n) is 10.3. The van der Waals surface area contributed by atoms with E-state index in [4.69, 9.17) is 0 Å². The second kappa shape index (κ2) is 4.67. The van der Waals surface area contributed by atoms with E-state index in [1.807, 2.05) is 0 Å². The summed E-state index contributed by atoms with van der Waals surface area (Å²) >= 11 is 3.54. The zero-order chi connectivity index (χ0) is 11.8. The van der Waals surface area contributed by atoms with E-state index in [2.05, 4.69) is 35.1 Å². The van der Waals surface area contributed by atoms with Gasteiger partial charge in [-0.2, -0.15) is 0 Å². The molecule has 0 spiro atoms. The van der Waals surface area contributed by atoms with E-state index in [1.54, 1.807) is 0 Å². The van der Waals surface area contributed by atoms with E-state index < -0.39 is 0 Å². The normalized spacial score (nSPS) is 32.3. The Kier molecular flexibility index (Phi) is 3.62. The van der Waals surface area contributed by atoms with Gasteiger partial charge in [-0.25, -0.2) is 0 Å². The summed E-state index contributed by atoms with van der Waals surface area (Å²) in [7, 11) is 0. The molecule has 0 aromatic carbocycles. The molecule has 2 unspecified atom stereocenters. The molecule has 16 heavy (non-hydrogen) atoms. The van der Waals surface area contributed by atoms with Crippen LogP contribution in [0.4, 0.5) is 0 Å². The summed E-state index contributed by atoms with van der Waals surface area (Å²) in [5.41, 5.74) is -0.0239. The molecule has 0 aromatic heterocycles. The van der Waals surface area contributed by atoms with Crippen molar-refractivity contribution < 1.29 is 4.79 Å². The lowest BCUT2D eigenvalue weighted by Gasteiger charge is -2.32. The number of fused-ring (bicyclic) bond motifs is 1. The summed E-state index contributed by atoms with van der Waals surface area (Å²) in [6, 6.07) is 0. The van der Waals surface area contributed by atoms with E-state index in [0.29, 0.717) is 11.8 Å². The van der Waals surface area contributed by atoms with E-state index in [9.17, 15) is 4.79 Å². The van der Waals surface area contributed by atoms with Crippen molar-refractivity contribution in [1.29, 1.82) is 0 Å². The van der Waals surface area contributed by atoms with E-state index >= 15 is 0 Å². The third-order valence-corrected chi connectivity index (χ3v) is 5.69. The van der Waals surface area contributed by atoms with Crippen LogP contribution in [0.2, 0.25) is 0 Å². The Morgan fingerprint density at radius 1 is 1.25 bits per heavy atom. The summed E-state index contributed by atoms with van der Waals surface area (Å²) in [6.45, 7) is 4.30. The van der Waals surface area contributed by atoms with Crippen LogP contribution in [-0.4, -0.2) is 16.8 Å². The Balaban J connectivity index is 1.89. The number of nitrogens with one attached hydrogen (secondary N) is 1. The number of carbonyl (C=O) groups excluding carboxylic acids is 1. The van der Waals surface area contributed by atoms with Crippen molar-refractivity contribution in [2.24, 2.45) is 17.8 Å². The Morgan fingerprint density at radius 2 is 1.81 bits per heavy atom. The van der Waals surface area contributed by atoms with Crippen molar-refractivity contribution in [3.05, 3.63) is 0 Å². The lowest BCUT2D eigenvalue weighted by atomic mass is 9.93. The lowest BCUT2D eigenvalue weighted by Crippen LogP contribution is -2.51. The molecule has 0 aliphatic heterocycles. The average molecular weight is 288 g/mol. The first kappa shape index (κ1) is 12.4. The molecule has 0 radical (unpaired) electrons. The first-order valence-electron chi connectivity index (χ1n) is 6.52. The second-order valence-corrected chi connectivity index (χ2v) is 6.10. The van der Waals surface area contributed by atoms with Crippen LogP contribution in [0.25, 0.3) is 0 Å². The van der Waals surface area contributed by atoms with Gasteiger partial charge in [0.25, 0.3) is 0 Å². The van der Waals surface area contributed by atoms with Gasteiger partial charge in [-0.15, -0.1) is 0 Å². The minimum absolute atomic E-state index is 0.0239. The molecule has 0 aromatic rings. The summed E-state index contributed by atoms with van der Waals surface area (Å²) in [6.07, 6.45) is 5.67. The molecule has 3 heteroatoms. The maximum absolute atomic E-state index is 12.2. The number of hydrogen-bond donors (Lipinski definition) is 1. The van der Waals surface area contributed by atoms with Crippen LogP contribution in [0, 0.1) is 17.8 Å². The number of amides is 1. The molecule has 2 nitrogen and oxygen atoms in total. The molecule has 92 valence electrons. The van der Waals surface area contributed by atoms with Gasteiger partial charge in [0.1, 0.15) is 0 Å². The number of halogens is 1. The predicted octanol–water partition coefficient (Wildman–Crippen LogP) is 3.10. The summed E-state index contributed by atoms with van der Waals surface area (Å²) in [5, 5.41) is 4.14. The van der Waals surface area contributed by atoms with Crippen LogP contribution in [0.1, 0.15) is 46.0 Å². The highest BCUT2D eigenvalue weighted by Gasteiger charge is 2.48. The van der Waals surface area contributed by atoms with Gasteiger partial charge in [-0.05, 0) is 43.9 Å². The third-order valence-electron chi connectivity index (χ3n) is 4.61. The van der Waals surface area contributed by atoms with Crippen molar-refractivity contribution in [1.82, 2.24) is 5.32 Å². The predicted molar refractivity (Wildman–Crippen MR) is 69.6 cm³/mol. The molecule has 2 fully saturated rings. The van der Waals surface area contributed by atoms with Gasteiger partial charge in [0.15, 0.2) is 0 Å². The molecule has 2 aliphatic rings. The summed E-state index contributed by atoms with van der Waals surface area (Å²) in [4.78, 5) is 12.2. The quantitative estimate of drug-likeness (QED) is 0.774. The lowest BCUT2D eigenvalue weighted by molar-refractivity contribution is -0.127. The average Bonchev–Trinajstić information content (AvgIpc) is 2.93. The Hall–Kier alpha value is -0.0500. The minimum atomic E-state index is -0.0239. The molecule has 2 atom stereocenters. The first-order valence-corrected chi connectivity index (χ1v) is 7.64. The smallest absolute Gasteiger partial charge is 0.223 e. The monoisotopic (exact) mass is 287 g/mol. The highest BCUT2D eigenvalue weighted by Crippen LogP contribution is 2.54. The first-order chi connectivity index (χ1) is 7.64. The molecule has 2 rings (SSSR count). The molecule has 2 saturated carbocycles. The zero-order valence-corrected chi connectivity index (χ0v) is 11.8. The van der Waals surface area contributed by atoms with E-state index in [-0.39, 0.29) is 5.54 Å². The fraction of sp³-hybridized carbons (Fsp3) is 0.923. The fourth-order valence-electron chi connectivity index (χ4n) is 2.94. The molecule has 0 heterocycles. The third kappa shape index (κ3) is 2.29. The molecular weight excluding hydrogens is 266 g/mol. The maximum atomic E-state index is 12.2. The minimum Gasteiger partial charge on any atom is -0.350 e. The Morgan fingerprint density at radius 3 is 2.25 bits per heavy atom. The van der Waals surface area contributed by atoms with Crippen molar-refractivity contribution >= 4 is 21.8 Å². The molecular formula is C13H22BrNO. The number of rotatable bonds is 5. The van der Waals surface area contributed by atoms with Gasteiger partial charge in [0, 0.05) is 16.8 Å². The van der Waals surface area contributed by atoms with Crippen LogP contribution in [0.15, 0.2) is 0 Å². The standard InChI is InChI=1S/C13H22BrNO/c1-3-13(4-2,8-14)15-12(16)11-6-9-5-10(9)7-11/h9-11H,3-8H2,1-2H3,(H,15,16). The van der Waals surface area contributed by atoms with Gasteiger partial charge in [-0.1, -0.05) is 29.8 Å². The van der Waals surface area contributed by atoms with Crippen LogP contribution >= 0.6 is 15.9 Å². The molecule has 2 aliphatic carbocycles. The molecule has 0 bridgehead atoms. The Labute approximate surface area is 107 Å². The van der Waals surface area contributed by atoms with E-state index in [0.717, 1.165) is 42.8 Å². The molecule has 0 saturated heterocycles. The van der Waals surface area contributed by atoms with Crippen molar-refractivity contribution in [3.8, 4) is 0 Å². The fourth-order valence-corrected chi connectivity index (χ4v) is 3.87. The van der Waals surface area contributed by atoms with Gasteiger partial charge in [0.2, 0.25) is 5.91 Å². The van der Waals surface area contributed by atoms with Gasteiger partial charge in [0.05, 0.1) is 0 Å². The molecule has 1 amide bonds. The van der Waals surface area contributed by atoms with Gasteiger partial charge in [-0.3, -0.25) is 4.79 Å². The van der Waals surface area contributed by atoms with Gasteiger partial charge >= 0.3 is 0 Å². The SMILES string of the molecule is CCC(CC)(CBr)NC(=O)C1CC2CC2C1. The second-order valence-electron chi connectivity index (χ2n) is 5.53. The van der Waals surface area contributed by atoms with E-state index in [1.165, 1.54) is 6.42 Å².